The summed E-state index contributed by atoms with van der Waals surface area (Å²) in [5.74, 6) is 0.0694. The van der Waals surface area contributed by atoms with E-state index in [4.69, 9.17) is 30.0 Å². The molecule has 7 atom stereocenters. The number of aliphatic hydroxyl groups excluding tert-OH is 1. The summed E-state index contributed by atoms with van der Waals surface area (Å²) in [5, 5.41) is 9.25. The summed E-state index contributed by atoms with van der Waals surface area (Å²) in [7, 11) is 1.54. The lowest BCUT2D eigenvalue weighted by atomic mass is 10.0. The van der Waals surface area contributed by atoms with Crippen molar-refractivity contribution in [3.63, 3.8) is 0 Å². The number of imidazole rings is 2. The number of nitrogens with two attached hydrogens (primary N) is 2. The molecule has 17 nitrogen and oxygen atoms in total. The van der Waals surface area contributed by atoms with Crippen molar-refractivity contribution < 1.29 is 32.6 Å². The first-order valence-corrected chi connectivity index (χ1v) is 16.8. The van der Waals surface area contributed by atoms with Gasteiger partial charge in [0.05, 0.1) is 42.3 Å². The molecular formula is C23H30FN10O7PS2. The van der Waals surface area contributed by atoms with Gasteiger partial charge in [-0.25, -0.2) is 28.9 Å². The van der Waals surface area contributed by atoms with Crippen molar-refractivity contribution >= 4 is 64.9 Å². The van der Waals surface area contributed by atoms with Gasteiger partial charge in [-0.2, -0.15) is 4.98 Å². The van der Waals surface area contributed by atoms with Gasteiger partial charge in [-0.3, -0.25) is 28.0 Å². The number of aromatic amines is 1. The normalized spacial score (nSPS) is 30.4. The van der Waals surface area contributed by atoms with E-state index in [9.17, 15) is 18.9 Å². The van der Waals surface area contributed by atoms with Crippen LogP contribution in [-0.4, -0.2) is 93.7 Å². The summed E-state index contributed by atoms with van der Waals surface area (Å²) < 4.78 is 53.4. The highest BCUT2D eigenvalue weighted by atomic mass is 32.7. The number of thioether (sulfide) groups is 1. The molecule has 0 aromatic carbocycles. The first-order valence-electron chi connectivity index (χ1n) is 13.3. The number of hydrogen-bond acceptors (Lipinski definition) is 15. The van der Waals surface area contributed by atoms with E-state index in [0.29, 0.717) is 17.6 Å². The molecule has 6 rings (SSSR count). The number of nitrogens with one attached hydrogen (secondary N) is 1. The first-order chi connectivity index (χ1) is 20.9. The van der Waals surface area contributed by atoms with Crippen molar-refractivity contribution in [2.24, 2.45) is 0 Å². The molecule has 6 heterocycles. The van der Waals surface area contributed by atoms with Crippen LogP contribution in [0.25, 0.3) is 22.3 Å². The predicted octanol–water partition coefficient (Wildman–Crippen LogP) is 1.59. The number of alkyl halides is 1. The van der Waals surface area contributed by atoms with Crippen molar-refractivity contribution in [3.05, 3.63) is 29.3 Å². The topological polar surface area (TPSA) is 233 Å². The van der Waals surface area contributed by atoms with Gasteiger partial charge in [-0.15, -0.1) is 11.8 Å². The fourth-order valence-corrected chi connectivity index (χ4v) is 8.61. The van der Waals surface area contributed by atoms with Crippen molar-refractivity contribution in [1.82, 2.24) is 39.0 Å². The van der Waals surface area contributed by atoms with Crippen LogP contribution >= 0.6 is 30.8 Å². The minimum Gasteiger partial charge on any atom is -0.395 e. The second kappa shape index (κ2) is 11.5. The number of H-pyrrole nitrogens is 1. The van der Waals surface area contributed by atoms with Gasteiger partial charge in [0.15, 0.2) is 28.9 Å². The molecule has 2 aliphatic heterocycles. The van der Waals surface area contributed by atoms with Crippen LogP contribution in [0.2, 0.25) is 0 Å². The number of thiol groups is 1. The van der Waals surface area contributed by atoms with E-state index in [0.717, 1.165) is 11.8 Å². The highest BCUT2D eigenvalue weighted by Crippen LogP contribution is 2.61. The Kier molecular flexibility index (Phi) is 8.15. The number of methoxy groups -OCH3 is 1. The molecule has 2 fully saturated rings. The fourth-order valence-electron chi connectivity index (χ4n) is 5.48. The smallest absolute Gasteiger partial charge is 0.386 e. The number of aliphatic hydroxyl groups is 1. The quantitative estimate of drug-likeness (QED) is 0.119. The number of hydrogen-bond donors (Lipinski definition) is 5. The Hall–Kier alpha value is -2.84. The third kappa shape index (κ3) is 5.57. The second-order valence-electron chi connectivity index (χ2n) is 10.9. The van der Waals surface area contributed by atoms with E-state index in [2.05, 4.69) is 42.2 Å². The van der Waals surface area contributed by atoms with Crippen LogP contribution in [0, 0.1) is 0 Å². The molecule has 0 saturated carbocycles. The van der Waals surface area contributed by atoms with E-state index in [-0.39, 0.29) is 36.0 Å². The molecule has 6 N–H and O–H groups in total. The second-order valence-corrected chi connectivity index (χ2v) is 15.3. The zero-order valence-electron chi connectivity index (χ0n) is 23.4. The highest BCUT2D eigenvalue weighted by Gasteiger charge is 2.51. The highest BCUT2D eigenvalue weighted by molar-refractivity contribution is 8.44. The van der Waals surface area contributed by atoms with Crippen molar-refractivity contribution in [1.29, 1.82) is 0 Å². The van der Waals surface area contributed by atoms with E-state index in [1.54, 1.807) is 11.5 Å². The van der Waals surface area contributed by atoms with Gasteiger partial charge in [-0.05, 0) is 13.3 Å². The van der Waals surface area contributed by atoms with Crippen LogP contribution in [0.1, 0.15) is 31.4 Å². The third-order valence-electron chi connectivity index (χ3n) is 7.64. The minimum absolute atomic E-state index is 0.000943. The van der Waals surface area contributed by atoms with Crippen LogP contribution in [0.3, 0.4) is 0 Å². The lowest BCUT2D eigenvalue weighted by molar-refractivity contribution is -0.0993. The molecule has 21 heteroatoms. The molecule has 0 radical (unpaired) electrons. The number of aromatic nitrogens is 8. The number of fused-ring (bicyclic) bond motifs is 2. The van der Waals surface area contributed by atoms with Gasteiger partial charge in [0.1, 0.15) is 30.0 Å². The Labute approximate surface area is 257 Å². The molecule has 4 aromatic rings. The van der Waals surface area contributed by atoms with Crippen LogP contribution in [-0.2, 0) is 23.1 Å². The van der Waals surface area contributed by atoms with E-state index < -0.39 is 59.8 Å². The Bertz CT molecular complexity index is 1800. The molecule has 0 spiro atoms. The average Bonchev–Trinajstić information content (AvgIpc) is 3.75. The molecule has 238 valence electrons. The van der Waals surface area contributed by atoms with Gasteiger partial charge < -0.3 is 26.0 Å². The summed E-state index contributed by atoms with van der Waals surface area (Å²) in [5.41, 5.74) is 11.1. The molecule has 0 amide bonds. The maximum Gasteiger partial charge on any atom is 0.386 e. The van der Waals surface area contributed by atoms with E-state index >= 15 is 0 Å². The average molecular weight is 673 g/mol. The number of nitrogen functional groups attached to an aromatic ring is 2. The SMILES string of the molecule is CO[C@@H]1C[C@](C)(COP(=O)(S)O[C@@H]2C[C@](CO)(CF)S[C@H]2n2cnc3c(=O)[nH]c(N)nc32)O[C@H]1n1cnc2c(N)ncnc21. The standard InChI is InChI=1S/C23H30FN10O7PS2/c1-22(3-11(38-2)19(40-22)33-9-29-13-15(25)27-8-28-16(13)33)7-39-42(37,43)41-12-4-23(5-24,6-35)44-20(12)34-10-30-14-17(34)31-21(26)32-18(14)36/h8-12,19-20,35H,3-7H2,1-2H3,(H,37,43)(H2,25,27,28)(H3,26,31,32,36)/t11-,12-,19-,20-,22-,23-,42?/m1/s1. The van der Waals surface area contributed by atoms with Crippen LogP contribution in [0.5, 0.6) is 0 Å². The van der Waals surface area contributed by atoms with Gasteiger partial charge in [0, 0.05) is 13.5 Å². The maximum absolute atomic E-state index is 14.2. The van der Waals surface area contributed by atoms with Crippen molar-refractivity contribution in [3.8, 4) is 0 Å². The zero-order valence-corrected chi connectivity index (χ0v) is 26.0. The molecule has 2 aliphatic rings. The molecule has 0 aliphatic carbocycles. The molecule has 0 bridgehead atoms. The number of rotatable bonds is 10. The summed E-state index contributed by atoms with van der Waals surface area (Å²) in [6, 6.07) is 0. The molecule has 4 aromatic heterocycles. The maximum atomic E-state index is 14.2. The van der Waals surface area contributed by atoms with Crippen LogP contribution < -0.4 is 17.0 Å². The fraction of sp³-hybridized carbons (Fsp3) is 0.565. The first kappa shape index (κ1) is 31.2. The largest absolute Gasteiger partial charge is 0.395 e. The molecule has 2 saturated heterocycles. The van der Waals surface area contributed by atoms with Crippen LogP contribution in [0.4, 0.5) is 16.2 Å². The Morgan fingerprint density at radius 2 is 1.95 bits per heavy atom. The van der Waals surface area contributed by atoms with Crippen molar-refractivity contribution in [2.75, 3.05) is 38.5 Å². The number of anilines is 2. The summed E-state index contributed by atoms with van der Waals surface area (Å²) >= 11 is 5.25. The van der Waals surface area contributed by atoms with Gasteiger partial charge in [0.2, 0.25) is 5.95 Å². The van der Waals surface area contributed by atoms with Crippen LogP contribution in [0.15, 0.2) is 23.8 Å². The van der Waals surface area contributed by atoms with Gasteiger partial charge in [-0.1, -0.05) is 12.2 Å². The number of ether oxygens (including phenoxy) is 2. The summed E-state index contributed by atoms with van der Waals surface area (Å²) in [6.07, 6.45) is 2.33. The van der Waals surface area contributed by atoms with E-state index in [1.807, 2.05) is 0 Å². The monoisotopic (exact) mass is 672 g/mol. The Morgan fingerprint density at radius 3 is 2.68 bits per heavy atom. The molecule has 1 unspecified atom stereocenters. The number of nitrogens with zero attached hydrogens (tertiary/aromatic N) is 7. The predicted molar refractivity (Wildman–Crippen MR) is 161 cm³/mol. The van der Waals surface area contributed by atoms with E-state index in [1.165, 1.54) is 30.7 Å². The lowest BCUT2D eigenvalue weighted by Gasteiger charge is -2.28. The van der Waals surface area contributed by atoms with Gasteiger partial charge in [0.25, 0.3) is 5.56 Å². The van der Waals surface area contributed by atoms with Gasteiger partial charge >= 0.3 is 6.80 Å². The summed E-state index contributed by atoms with van der Waals surface area (Å²) in [4.78, 5) is 35.5. The number of halogens is 1. The Morgan fingerprint density at radius 1 is 1.20 bits per heavy atom. The molecule has 44 heavy (non-hydrogen) atoms. The lowest BCUT2D eigenvalue weighted by Crippen LogP contribution is -2.31. The Balaban J connectivity index is 1.21. The third-order valence-corrected chi connectivity index (χ3v) is 10.9. The zero-order chi connectivity index (χ0) is 31.4. The van der Waals surface area contributed by atoms with Crippen molar-refractivity contribution in [2.45, 2.75) is 53.9 Å². The molecular weight excluding hydrogens is 642 g/mol. The summed E-state index contributed by atoms with van der Waals surface area (Å²) in [6.45, 7) is -4.03. The minimum atomic E-state index is -4.13.